The summed E-state index contributed by atoms with van der Waals surface area (Å²) in [6.07, 6.45) is 2.52. The van der Waals surface area contributed by atoms with Crippen LogP contribution in [0.1, 0.15) is 18.4 Å². The van der Waals surface area contributed by atoms with Crippen LogP contribution in [0.2, 0.25) is 0 Å². The van der Waals surface area contributed by atoms with E-state index in [2.05, 4.69) is 15.5 Å². The van der Waals surface area contributed by atoms with E-state index in [1.807, 2.05) is 0 Å². The molecule has 3 rings (SSSR count). The van der Waals surface area contributed by atoms with Gasteiger partial charge in [-0.05, 0) is 37.1 Å². The Bertz CT molecular complexity index is 509. The number of urea groups is 1. The first-order valence-electron chi connectivity index (χ1n) is 7.82. The van der Waals surface area contributed by atoms with Gasteiger partial charge in [0.2, 0.25) is 0 Å². The summed E-state index contributed by atoms with van der Waals surface area (Å²) >= 11 is 0. The highest BCUT2D eigenvalue weighted by Crippen LogP contribution is 2.22. The van der Waals surface area contributed by atoms with Crippen LogP contribution in [0, 0.1) is 5.82 Å². The normalized spacial score (nSPS) is 24.8. The maximum atomic E-state index is 12.8. The monoisotopic (exact) mass is 307 g/mol. The molecular formula is C16H22FN3O2. The minimum Gasteiger partial charge on any atom is -0.373 e. The summed E-state index contributed by atoms with van der Waals surface area (Å²) in [5.74, 6) is -0.275. The van der Waals surface area contributed by atoms with Crippen LogP contribution in [0.5, 0.6) is 0 Å². The van der Waals surface area contributed by atoms with E-state index < -0.39 is 0 Å². The zero-order chi connectivity index (χ0) is 15.4. The summed E-state index contributed by atoms with van der Waals surface area (Å²) in [5, 5.41) is 5.60. The number of hydrogen-bond acceptors (Lipinski definition) is 3. The number of halogens is 1. The van der Waals surface area contributed by atoms with Gasteiger partial charge in [-0.25, -0.2) is 9.18 Å². The maximum Gasteiger partial charge on any atom is 0.315 e. The van der Waals surface area contributed by atoms with Crippen LogP contribution in [0.25, 0.3) is 0 Å². The summed E-state index contributed by atoms with van der Waals surface area (Å²) < 4.78 is 18.6. The third kappa shape index (κ3) is 3.96. The van der Waals surface area contributed by atoms with Crippen LogP contribution in [-0.4, -0.2) is 49.3 Å². The maximum absolute atomic E-state index is 12.8. The number of carbonyl (C=O) groups is 1. The fraction of sp³-hybridized carbons (Fsp3) is 0.562. The predicted octanol–water partition coefficient (Wildman–Crippen LogP) is 1.49. The van der Waals surface area contributed by atoms with Crippen molar-refractivity contribution in [1.82, 2.24) is 15.5 Å². The number of nitrogens with zero attached hydrogens (tertiary/aromatic N) is 1. The van der Waals surface area contributed by atoms with Crippen LogP contribution in [0.4, 0.5) is 9.18 Å². The second-order valence-electron chi connectivity index (χ2n) is 5.94. The van der Waals surface area contributed by atoms with Crippen LogP contribution >= 0.6 is 0 Å². The summed E-state index contributed by atoms with van der Waals surface area (Å²) in [4.78, 5) is 14.2. The van der Waals surface area contributed by atoms with Gasteiger partial charge in [0.25, 0.3) is 0 Å². The molecule has 2 unspecified atom stereocenters. The molecule has 2 aliphatic rings. The summed E-state index contributed by atoms with van der Waals surface area (Å²) in [5.41, 5.74) is 0.866. The first kappa shape index (κ1) is 15.2. The fourth-order valence-corrected chi connectivity index (χ4v) is 3.06. The van der Waals surface area contributed by atoms with E-state index in [1.54, 1.807) is 12.1 Å². The SMILES string of the molecule is O=C(NCc1ccc(F)cc1)NCC1CN2CCCC2CO1. The van der Waals surface area contributed by atoms with E-state index in [4.69, 9.17) is 4.74 Å². The molecule has 2 amide bonds. The van der Waals surface area contributed by atoms with Crippen molar-refractivity contribution >= 4 is 6.03 Å². The zero-order valence-electron chi connectivity index (χ0n) is 12.6. The number of carbonyl (C=O) groups excluding carboxylic acids is 1. The molecule has 2 saturated heterocycles. The van der Waals surface area contributed by atoms with Gasteiger partial charge in [0.05, 0.1) is 12.7 Å². The van der Waals surface area contributed by atoms with E-state index in [9.17, 15) is 9.18 Å². The Morgan fingerprint density at radius 2 is 2.14 bits per heavy atom. The average molecular weight is 307 g/mol. The lowest BCUT2D eigenvalue weighted by molar-refractivity contribution is -0.0457. The lowest BCUT2D eigenvalue weighted by Gasteiger charge is -2.35. The van der Waals surface area contributed by atoms with Gasteiger partial charge < -0.3 is 15.4 Å². The third-order valence-corrected chi connectivity index (χ3v) is 4.32. The number of morpholine rings is 1. The number of benzene rings is 1. The van der Waals surface area contributed by atoms with E-state index in [1.165, 1.54) is 25.0 Å². The van der Waals surface area contributed by atoms with Gasteiger partial charge in [0.15, 0.2) is 0 Å². The number of fused-ring (bicyclic) bond motifs is 1. The Kier molecular flexibility index (Phi) is 4.90. The molecule has 120 valence electrons. The summed E-state index contributed by atoms with van der Waals surface area (Å²) in [7, 11) is 0. The second-order valence-corrected chi connectivity index (χ2v) is 5.94. The minimum absolute atomic E-state index is 0.0610. The van der Waals surface area contributed by atoms with E-state index >= 15 is 0 Å². The Morgan fingerprint density at radius 3 is 2.95 bits per heavy atom. The van der Waals surface area contributed by atoms with Crippen LogP contribution in [-0.2, 0) is 11.3 Å². The lowest BCUT2D eigenvalue weighted by atomic mass is 10.2. The van der Waals surface area contributed by atoms with Gasteiger partial charge in [-0.3, -0.25) is 4.90 Å². The minimum atomic E-state index is -0.275. The topological polar surface area (TPSA) is 53.6 Å². The number of hydrogen-bond donors (Lipinski definition) is 2. The first-order valence-corrected chi connectivity index (χ1v) is 7.82. The van der Waals surface area contributed by atoms with Crippen molar-refractivity contribution in [1.29, 1.82) is 0 Å². The van der Waals surface area contributed by atoms with Crippen LogP contribution in [0.3, 0.4) is 0 Å². The highest BCUT2D eigenvalue weighted by atomic mass is 19.1. The molecule has 0 bridgehead atoms. The summed E-state index contributed by atoms with van der Waals surface area (Å²) in [6.45, 7) is 3.69. The van der Waals surface area contributed by atoms with Crippen molar-refractivity contribution in [3.63, 3.8) is 0 Å². The average Bonchev–Trinajstić information content (AvgIpc) is 3.00. The molecule has 1 aromatic rings. The van der Waals surface area contributed by atoms with E-state index in [0.29, 0.717) is 19.1 Å². The second kappa shape index (κ2) is 7.07. The van der Waals surface area contributed by atoms with Crippen molar-refractivity contribution in [2.45, 2.75) is 31.5 Å². The Labute approximate surface area is 129 Å². The van der Waals surface area contributed by atoms with Crippen molar-refractivity contribution < 1.29 is 13.9 Å². The molecule has 22 heavy (non-hydrogen) atoms. The molecule has 2 N–H and O–H groups in total. The highest BCUT2D eigenvalue weighted by molar-refractivity contribution is 5.73. The zero-order valence-corrected chi connectivity index (χ0v) is 12.6. The first-order chi connectivity index (χ1) is 10.7. The highest BCUT2D eigenvalue weighted by Gasteiger charge is 2.32. The Balaban J connectivity index is 1.36. The Hall–Kier alpha value is -1.66. The summed E-state index contributed by atoms with van der Waals surface area (Å²) in [6, 6.07) is 6.44. The molecule has 2 aliphatic heterocycles. The molecule has 0 aromatic heterocycles. The molecule has 2 atom stereocenters. The van der Waals surface area contributed by atoms with Gasteiger partial charge in [-0.1, -0.05) is 12.1 Å². The number of ether oxygens (including phenoxy) is 1. The van der Waals surface area contributed by atoms with E-state index in [0.717, 1.165) is 25.3 Å². The van der Waals surface area contributed by atoms with Crippen LogP contribution in [0.15, 0.2) is 24.3 Å². The van der Waals surface area contributed by atoms with Gasteiger partial charge in [-0.2, -0.15) is 0 Å². The van der Waals surface area contributed by atoms with Gasteiger partial charge in [0, 0.05) is 25.7 Å². The molecule has 5 nitrogen and oxygen atoms in total. The quantitative estimate of drug-likeness (QED) is 0.886. The smallest absolute Gasteiger partial charge is 0.315 e. The molecule has 0 aliphatic carbocycles. The predicted molar refractivity (Wildman–Crippen MR) is 81.0 cm³/mol. The lowest BCUT2D eigenvalue weighted by Crippen LogP contribution is -2.51. The number of nitrogens with one attached hydrogen (secondary N) is 2. The van der Waals surface area contributed by atoms with Gasteiger partial charge in [0.1, 0.15) is 5.82 Å². The van der Waals surface area contributed by atoms with Crippen molar-refractivity contribution in [3.05, 3.63) is 35.6 Å². The molecule has 2 fully saturated rings. The molecule has 2 heterocycles. The van der Waals surface area contributed by atoms with Crippen molar-refractivity contribution in [2.75, 3.05) is 26.2 Å². The van der Waals surface area contributed by atoms with Crippen LogP contribution < -0.4 is 10.6 Å². The number of rotatable bonds is 4. The van der Waals surface area contributed by atoms with Gasteiger partial charge >= 0.3 is 6.03 Å². The molecular weight excluding hydrogens is 285 g/mol. The van der Waals surface area contributed by atoms with Crippen molar-refractivity contribution in [2.24, 2.45) is 0 Å². The van der Waals surface area contributed by atoms with E-state index in [-0.39, 0.29) is 18.0 Å². The third-order valence-electron chi connectivity index (χ3n) is 4.32. The Morgan fingerprint density at radius 1 is 1.32 bits per heavy atom. The van der Waals surface area contributed by atoms with Gasteiger partial charge in [-0.15, -0.1) is 0 Å². The molecule has 0 saturated carbocycles. The molecule has 0 spiro atoms. The largest absolute Gasteiger partial charge is 0.373 e. The fourth-order valence-electron chi connectivity index (χ4n) is 3.06. The standard InChI is InChI=1S/C16H22FN3O2/c17-13-5-3-12(4-6-13)8-18-16(21)19-9-15-10-20-7-1-2-14(20)11-22-15/h3-6,14-15H,1-2,7-11H2,(H2,18,19,21). The molecule has 1 aromatic carbocycles. The van der Waals surface area contributed by atoms with Crippen molar-refractivity contribution in [3.8, 4) is 0 Å². The molecule has 0 radical (unpaired) electrons. The number of amides is 2. The molecule has 6 heteroatoms.